The van der Waals surface area contributed by atoms with Crippen LogP contribution in [0.2, 0.25) is 0 Å². The molecule has 4 heterocycles. The Labute approximate surface area is 145 Å². The number of pyridine rings is 1. The number of ether oxygens (including phenoxy) is 1. The third-order valence-electron chi connectivity index (χ3n) is 4.99. The summed E-state index contributed by atoms with van der Waals surface area (Å²) in [5, 5.41) is 0. The Morgan fingerprint density at radius 3 is 2.88 bits per heavy atom. The predicted molar refractivity (Wildman–Crippen MR) is 90.8 cm³/mol. The van der Waals surface area contributed by atoms with E-state index in [9.17, 15) is 9.59 Å². The quantitative estimate of drug-likeness (QED) is 0.890. The van der Waals surface area contributed by atoms with Gasteiger partial charge in [-0.3, -0.25) is 14.6 Å². The van der Waals surface area contributed by atoms with Crippen LogP contribution in [0.15, 0.2) is 29.3 Å². The van der Waals surface area contributed by atoms with E-state index in [-0.39, 0.29) is 11.5 Å². The number of aromatic amines is 1. The van der Waals surface area contributed by atoms with Crippen LogP contribution in [0.3, 0.4) is 0 Å². The Morgan fingerprint density at radius 1 is 1.36 bits per heavy atom. The molecule has 4 rings (SSSR count). The van der Waals surface area contributed by atoms with Gasteiger partial charge >= 0.3 is 0 Å². The summed E-state index contributed by atoms with van der Waals surface area (Å²) >= 11 is 0. The van der Waals surface area contributed by atoms with Gasteiger partial charge in [-0.1, -0.05) is 0 Å². The van der Waals surface area contributed by atoms with E-state index in [0.717, 1.165) is 18.4 Å². The second-order valence-corrected chi connectivity index (χ2v) is 6.74. The van der Waals surface area contributed by atoms with Crippen LogP contribution in [0, 0.1) is 0 Å². The van der Waals surface area contributed by atoms with Crippen molar-refractivity contribution in [2.45, 2.75) is 38.3 Å². The van der Waals surface area contributed by atoms with Crippen molar-refractivity contribution < 1.29 is 9.53 Å². The van der Waals surface area contributed by atoms with Crippen molar-refractivity contribution in [3.63, 3.8) is 0 Å². The molecule has 0 radical (unpaired) electrons. The van der Waals surface area contributed by atoms with Gasteiger partial charge in [0.05, 0.1) is 12.2 Å². The van der Waals surface area contributed by atoms with Crippen LogP contribution in [0.25, 0.3) is 11.4 Å². The Morgan fingerprint density at radius 2 is 2.16 bits per heavy atom. The molecule has 0 saturated carbocycles. The van der Waals surface area contributed by atoms with Crippen molar-refractivity contribution in [1.29, 1.82) is 0 Å². The van der Waals surface area contributed by atoms with E-state index in [0.29, 0.717) is 43.2 Å². The molecule has 130 valence electrons. The van der Waals surface area contributed by atoms with Gasteiger partial charge in [-0.2, -0.15) is 0 Å². The van der Waals surface area contributed by atoms with E-state index in [4.69, 9.17) is 4.74 Å². The minimum Gasteiger partial charge on any atom is -0.365 e. The zero-order valence-corrected chi connectivity index (χ0v) is 14.1. The first-order valence-corrected chi connectivity index (χ1v) is 8.53. The SMILES string of the molecule is C[C@@]1(C(=O)N2CCc3c(nc(-c4ccncc4)[nH]c3=O)C2)CCCO1. The molecule has 7 nitrogen and oxygen atoms in total. The Kier molecular flexibility index (Phi) is 3.88. The molecule has 0 bridgehead atoms. The number of amides is 1. The molecule has 7 heteroatoms. The number of carbonyl (C=O) groups is 1. The molecular weight excluding hydrogens is 320 g/mol. The largest absolute Gasteiger partial charge is 0.365 e. The summed E-state index contributed by atoms with van der Waals surface area (Å²) in [5.41, 5.74) is 1.25. The molecule has 0 aliphatic carbocycles. The van der Waals surface area contributed by atoms with Gasteiger partial charge in [-0.25, -0.2) is 4.98 Å². The number of carbonyl (C=O) groups excluding carboxylic acids is 1. The van der Waals surface area contributed by atoms with Gasteiger partial charge in [0, 0.05) is 36.7 Å². The second-order valence-electron chi connectivity index (χ2n) is 6.74. The van der Waals surface area contributed by atoms with Crippen LogP contribution in [-0.4, -0.2) is 44.5 Å². The monoisotopic (exact) mass is 340 g/mol. The summed E-state index contributed by atoms with van der Waals surface area (Å²) in [6, 6.07) is 3.59. The number of nitrogens with one attached hydrogen (secondary N) is 1. The highest BCUT2D eigenvalue weighted by atomic mass is 16.5. The predicted octanol–water partition coefficient (Wildman–Crippen LogP) is 1.29. The Bertz CT molecular complexity index is 856. The van der Waals surface area contributed by atoms with Gasteiger partial charge in [0.15, 0.2) is 0 Å². The number of hydrogen-bond donors (Lipinski definition) is 1. The fraction of sp³-hybridized carbons (Fsp3) is 0.444. The molecule has 1 fully saturated rings. The number of rotatable bonds is 2. The van der Waals surface area contributed by atoms with E-state index < -0.39 is 5.60 Å². The normalized spacial score (nSPS) is 22.7. The average molecular weight is 340 g/mol. The fourth-order valence-corrected chi connectivity index (χ4v) is 3.54. The average Bonchev–Trinajstić information content (AvgIpc) is 3.09. The number of hydrogen-bond acceptors (Lipinski definition) is 5. The maximum Gasteiger partial charge on any atom is 0.254 e. The van der Waals surface area contributed by atoms with Gasteiger partial charge in [-0.05, 0) is 38.3 Å². The number of aromatic nitrogens is 3. The van der Waals surface area contributed by atoms with E-state index in [1.807, 2.05) is 6.92 Å². The van der Waals surface area contributed by atoms with E-state index >= 15 is 0 Å². The molecule has 0 unspecified atom stereocenters. The molecule has 2 aromatic rings. The smallest absolute Gasteiger partial charge is 0.254 e. The molecule has 1 atom stereocenters. The molecule has 1 N–H and O–H groups in total. The van der Waals surface area contributed by atoms with Crippen molar-refractivity contribution in [3.05, 3.63) is 46.1 Å². The third-order valence-corrected chi connectivity index (χ3v) is 4.99. The lowest BCUT2D eigenvalue weighted by Crippen LogP contribution is -2.49. The van der Waals surface area contributed by atoms with Crippen molar-refractivity contribution in [2.24, 2.45) is 0 Å². The van der Waals surface area contributed by atoms with Crippen LogP contribution < -0.4 is 5.56 Å². The van der Waals surface area contributed by atoms with Gasteiger partial charge in [0.1, 0.15) is 11.4 Å². The van der Waals surface area contributed by atoms with Crippen LogP contribution >= 0.6 is 0 Å². The maximum absolute atomic E-state index is 12.9. The van der Waals surface area contributed by atoms with E-state index in [1.54, 1.807) is 29.4 Å². The van der Waals surface area contributed by atoms with Crippen molar-refractivity contribution in [1.82, 2.24) is 19.9 Å². The van der Waals surface area contributed by atoms with Crippen molar-refractivity contribution in [2.75, 3.05) is 13.2 Å². The molecule has 25 heavy (non-hydrogen) atoms. The highest BCUT2D eigenvalue weighted by Gasteiger charge is 2.41. The lowest BCUT2D eigenvalue weighted by molar-refractivity contribution is -0.152. The standard InChI is InChI=1S/C18H20N4O3/c1-18(6-2-10-25-18)17(24)22-9-5-13-14(11-22)20-15(21-16(13)23)12-3-7-19-8-4-12/h3-4,7-8H,2,5-6,9-11H2,1H3,(H,20,21,23)/t18-/m0/s1. The topological polar surface area (TPSA) is 88.2 Å². The summed E-state index contributed by atoms with van der Waals surface area (Å²) in [7, 11) is 0. The Balaban J connectivity index is 1.65. The molecule has 2 aliphatic heterocycles. The molecule has 1 amide bonds. The minimum absolute atomic E-state index is 0.0109. The van der Waals surface area contributed by atoms with Crippen molar-refractivity contribution in [3.8, 4) is 11.4 Å². The van der Waals surface area contributed by atoms with Gasteiger partial charge < -0.3 is 14.6 Å². The summed E-state index contributed by atoms with van der Waals surface area (Å²) in [5.74, 6) is 0.493. The first-order valence-electron chi connectivity index (χ1n) is 8.53. The lowest BCUT2D eigenvalue weighted by atomic mass is 9.98. The summed E-state index contributed by atoms with van der Waals surface area (Å²) in [6.07, 6.45) is 5.46. The zero-order valence-electron chi connectivity index (χ0n) is 14.1. The molecule has 2 aliphatic rings. The van der Waals surface area contributed by atoms with E-state index in [1.165, 1.54) is 0 Å². The molecule has 1 saturated heterocycles. The molecule has 0 aromatic carbocycles. The highest BCUT2D eigenvalue weighted by molar-refractivity contribution is 5.85. The van der Waals surface area contributed by atoms with Crippen LogP contribution in [-0.2, 0) is 22.5 Å². The first-order chi connectivity index (χ1) is 12.1. The maximum atomic E-state index is 12.9. The van der Waals surface area contributed by atoms with Crippen LogP contribution in [0.1, 0.15) is 31.0 Å². The molecule has 0 spiro atoms. The molecular formula is C18H20N4O3. The van der Waals surface area contributed by atoms with Crippen LogP contribution in [0.5, 0.6) is 0 Å². The number of H-pyrrole nitrogens is 1. The van der Waals surface area contributed by atoms with E-state index in [2.05, 4.69) is 15.0 Å². The van der Waals surface area contributed by atoms with Gasteiger partial charge in [0.25, 0.3) is 11.5 Å². The first kappa shape index (κ1) is 16.0. The third kappa shape index (κ3) is 2.84. The zero-order chi connectivity index (χ0) is 17.4. The fourth-order valence-electron chi connectivity index (χ4n) is 3.54. The van der Waals surface area contributed by atoms with Crippen molar-refractivity contribution >= 4 is 5.91 Å². The van der Waals surface area contributed by atoms with Crippen LogP contribution in [0.4, 0.5) is 0 Å². The minimum atomic E-state index is -0.743. The summed E-state index contributed by atoms with van der Waals surface area (Å²) in [4.78, 5) is 38.5. The lowest BCUT2D eigenvalue weighted by Gasteiger charge is -2.33. The second kappa shape index (κ2) is 6.07. The molecule has 2 aromatic heterocycles. The van der Waals surface area contributed by atoms with Gasteiger partial charge in [0.2, 0.25) is 0 Å². The number of nitrogens with zero attached hydrogens (tertiary/aromatic N) is 3. The number of fused-ring (bicyclic) bond motifs is 1. The summed E-state index contributed by atoms with van der Waals surface area (Å²) < 4.78 is 5.67. The highest BCUT2D eigenvalue weighted by Crippen LogP contribution is 2.29. The summed E-state index contributed by atoms with van der Waals surface area (Å²) in [6.45, 7) is 3.33. The van der Waals surface area contributed by atoms with Gasteiger partial charge in [-0.15, -0.1) is 0 Å². The Hall–Kier alpha value is -2.54.